The number of benzene rings is 1. The SMILES string of the molecule is O=C(CCCO)NCc1ccc(-c2c[nH]nc2-c2c[nH]c(C(=O)O)c2)cc1Cl. The number of aromatic nitrogens is 3. The third kappa shape index (κ3) is 4.41. The van der Waals surface area contributed by atoms with Gasteiger partial charge < -0.3 is 20.5 Å². The predicted molar refractivity (Wildman–Crippen MR) is 104 cm³/mol. The lowest BCUT2D eigenvalue weighted by atomic mass is 10.0. The first kappa shape index (κ1) is 19.7. The zero-order valence-corrected chi connectivity index (χ0v) is 15.6. The van der Waals surface area contributed by atoms with Crippen molar-refractivity contribution in [2.24, 2.45) is 0 Å². The van der Waals surface area contributed by atoms with Gasteiger partial charge in [0.2, 0.25) is 5.91 Å². The molecule has 0 atom stereocenters. The number of nitrogens with one attached hydrogen (secondary N) is 3. The van der Waals surface area contributed by atoms with Gasteiger partial charge in [0.25, 0.3) is 0 Å². The molecule has 1 aromatic carbocycles. The predicted octanol–water partition coefficient (Wildman–Crippen LogP) is 2.81. The van der Waals surface area contributed by atoms with E-state index in [0.717, 1.165) is 16.7 Å². The summed E-state index contributed by atoms with van der Waals surface area (Å²) in [6.07, 6.45) is 3.98. The maximum absolute atomic E-state index is 11.7. The van der Waals surface area contributed by atoms with E-state index < -0.39 is 5.97 Å². The van der Waals surface area contributed by atoms with E-state index in [2.05, 4.69) is 20.5 Å². The summed E-state index contributed by atoms with van der Waals surface area (Å²) in [5, 5.41) is 28.1. The highest BCUT2D eigenvalue weighted by Crippen LogP contribution is 2.32. The number of amides is 1. The molecule has 8 nitrogen and oxygen atoms in total. The summed E-state index contributed by atoms with van der Waals surface area (Å²) < 4.78 is 0. The Hall–Kier alpha value is -3.10. The standard InChI is InChI=1S/C19H19ClN4O4/c20-15-6-11(3-4-12(15)8-22-17(26)2-1-5-25)14-10-23-24-18(14)13-7-16(19(27)28)21-9-13/h3-4,6-7,9-10,21,25H,1-2,5,8H2,(H,22,26)(H,23,24)(H,27,28). The molecule has 2 aromatic heterocycles. The Labute approximate surface area is 165 Å². The van der Waals surface area contributed by atoms with Crippen LogP contribution in [0.15, 0.2) is 36.7 Å². The van der Waals surface area contributed by atoms with Crippen LogP contribution in [0.4, 0.5) is 0 Å². The maximum Gasteiger partial charge on any atom is 0.352 e. The van der Waals surface area contributed by atoms with Crippen molar-refractivity contribution < 1.29 is 19.8 Å². The second-order valence-electron chi connectivity index (χ2n) is 6.16. The molecule has 146 valence electrons. The highest BCUT2D eigenvalue weighted by molar-refractivity contribution is 6.31. The number of aliphatic hydroxyl groups excluding tert-OH is 1. The molecule has 0 aliphatic heterocycles. The molecule has 0 unspecified atom stereocenters. The number of rotatable bonds is 8. The normalized spacial score (nSPS) is 10.8. The summed E-state index contributed by atoms with van der Waals surface area (Å²) in [4.78, 5) is 25.4. The number of carbonyl (C=O) groups excluding carboxylic acids is 1. The number of carboxylic acid groups (broad SMARTS) is 1. The summed E-state index contributed by atoms with van der Waals surface area (Å²) in [6, 6.07) is 6.97. The number of aromatic amines is 2. The van der Waals surface area contributed by atoms with Crippen LogP contribution in [0.3, 0.4) is 0 Å². The van der Waals surface area contributed by atoms with Gasteiger partial charge >= 0.3 is 5.97 Å². The van der Waals surface area contributed by atoms with Crippen LogP contribution in [0.1, 0.15) is 28.9 Å². The number of aromatic carboxylic acids is 1. The molecule has 0 aliphatic rings. The molecule has 3 rings (SSSR count). The molecule has 0 aliphatic carbocycles. The number of halogens is 1. The number of carbonyl (C=O) groups is 2. The average molecular weight is 403 g/mol. The highest BCUT2D eigenvalue weighted by atomic mass is 35.5. The van der Waals surface area contributed by atoms with Crippen molar-refractivity contribution in [1.29, 1.82) is 0 Å². The van der Waals surface area contributed by atoms with E-state index in [1.165, 1.54) is 6.07 Å². The van der Waals surface area contributed by atoms with Crippen molar-refractivity contribution in [3.8, 4) is 22.4 Å². The maximum atomic E-state index is 11.7. The first-order valence-electron chi connectivity index (χ1n) is 8.62. The molecule has 2 heterocycles. The quantitative estimate of drug-likeness (QED) is 0.395. The molecule has 0 saturated carbocycles. The zero-order valence-electron chi connectivity index (χ0n) is 14.8. The van der Waals surface area contributed by atoms with Gasteiger partial charge in [-0.15, -0.1) is 0 Å². The fourth-order valence-corrected chi connectivity index (χ4v) is 3.01. The molecule has 3 aromatic rings. The second-order valence-corrected chi connectivity index (χ2v) is 6.57. The third-order valence-corrected chi connectivity index (χ3v) is 4.58. The fraction of sp³-hybridized carbons (Fsp3) is 0.211. The van der Waals surface area contributed by atoms with E-state index in [1.54, 1.807) is 18.5 Å². The highest BCUT2D eigenvalue weighted by Gasteiger charge is 2.15. The van der Waals surface area contributed by atoms with Gasteiger partial charge in [0, 0.05) is 48.1 Å². The van der Waals surface area contributed by atoms with Crippen molar-refractivity contribution >= 4 is 23.5 Å². The van der Waals surface area contributed by atoms with Crippen LogP contribution < -0.4 is 5.32 Å². The minimum atomic E-state index is -1.04. The molecule has 5 N–H and O–H groups in total. The lowest BCUT2D eigenvalue weighted by Crippen LogP contribution is -2.22. The molecule has 0 fully saturated rings. The zero-order chi connectivity index (χ0) is 20.1. The van der Waals surface area contributed by atoms with Gasteiger partial charge in [-0.2, -0.15) is 5.10 Å². The number of hydrogen-bond acceptors (Lipinski definition) is 4. The van der Waals surface area contributed by atoms with E-state index in [0.29, 0.717) is 29.2 Å². The molecule has 9 heteroatoms. The van der Waals surface area contributed by atoms with Crippen molar-refractivity contribution in [3.63, 3.8) is 0 Å². The molecule has 0 radical (unpaired) electrons. The number of nitrogens with zero attached hydrogens (tertiary/aromatic N) is 1. The van der Waals surface area contributed by atoms with Crippen LogP contribution in [-0.4, -0.2) is 43.9 Å². The third-order valence-electron chi connectivity index (χ3n) is 4.23. The first-order chi connectivity index (χ1) is 13.5. The summed E-state index contributed by atoms with van der Waals surface area (Å²) in [6.45, 7) is 0.270. The smallest absolute Gasteiger partial charge is 0.352 e. The monoisotopic (exact) mass is 402 g/mol. The van der Waals surface area contributed by atoms with Crippen LogP contribution in [0.25, 0.3) is 22.4 Å². The molecule has 28 heavy (non-hydrogen) atoms. The van der Waals surface area contributed by atoms with E-state index in [-0.39, 0.29) is 24.6 Å². The van der Waals surface area contributed by atoms with E-state index in [9.17, 15) is 9.59 Å². The lowest BCUT2D eigenvalue weighted by Gasteiger charge is -2.09. The summed E-state index contributed by atoms with van der Waals surface area (Å²) in [7, 11) is 0. The topological polar surface area (TPSA) is 131 Å². The van der Waals surface area contributed by atoms with E-state index in [4.69, 9.17) is 21.8 Å². The van der Waals surface area contributed by atoms with Gasteiger partial charge in [-0.25, -0.2) is 4.79 Å². The van der Waals surface area contributed by atoms with Gasteiger partial charge in [0.1, 0.15) is 11.4 Å². The van der Waals surface area contributed by atoms with Crippen molar-refractivity contribution in [1.82, 2.24) is 20.5 Å². The molecular weight excluding hydrogens is 384 g/mol. The number of carboxylic acids is 1. The van der Waals surface area contributed by atoms with Gasteiger partial charge in [-0.1, -0.05) is 23.7 Å². The van der Waals surface area contributed by atoms with Crippen LogP contribution in [0, 0.1) is 0 Å². The van der Waals surface area contributed by atoms with Crippen LogP contribution in [0.2, 0.25) is 5.02 Å². The minimum Gasteiger partial charge on any atom is -0.477 e. The molecule has 0 bridgehead atoms. The fourth-order valence-electron chi connectivity index (χ4n) is 2.76. The average Bonchev–Trinajstić information content (AvgIpc) is 3.34. The molecule has 0 spiro atoms. The van der Waals surface area contributed by atoms with Gasteiger partial charge in [-0.3, -0.25) is 9.89 Å². The van der Waals surface area contributed by atoms with E-state index in [1.807, 2.05) is 12.1 Å². The largest absolute Gasteiger partial charge is 0.477 e. The summed E-state index contributed by atoms with van der Waals surface area (Å²) in [5.74, 6) is -1.19. The molecule has 1 amide bonds. The van der Waals surface area contributed by atoms with Crippen LogP contribution in [-0.2, 0) is 11.3 Å². The number of hydrogen-bond donors (Lipinski definition) is 5. The van der Waals surface area contributed by atoms with Crippen LogP contribution in [0.5, 0.6) is 0 Å². The van der Waals surface area contributed by atoms with Crippen LogP contribution >= 0.6 is 11.6 Å². The molecular formula is C19H19ClN4O4. The Balaban J connectivity index is 1.78. The molecule has 0 saturated heterocycles. The van der Waals surface area contributed by atoms with Crippen molar-refractivity contribution in [3.05, 3.63) is 52.9 Å². The van der Waals surface area contributed by atoms with Crippen molar-refractivity contribution in [2.45, 2.75) is 19.4 Å². The minimum absolute atomic E-state index is 0.0228. The Kier molecular flexibility index (Phi) is 6.13. The van der Waals surface area contributed by atoms with Gasteiger partial charge in [-0.05, 0) is 29.7 Å². The Bertz CT molecular complexity index is 995. The Morgan fingerprint density at radius 1 is 1.18 bits per heavy atom. The first-order valence-corrected chi connectivity index (χ1v) is 8.99. The Morgan fingerprint density at radius 2 is 2.00 bits per heavy atom. The lowest BCUT2D eigenvalue weighted by molar-refractivity contribution is -0.121. The van der Waals surface area contributed by atoms with Gasteiger partial charge in [0.05, 0.1) is 0 Å². The number of aliphatic hydroxyl groups is 1. The second kappa shape index (κ2) is 8.73. The van der Waals surface area contributed by atoms with Gasteiger partial charge in [0.15, 0.2) is 0 Å². The number of H-pyrrole nitrogens is 2. The Morgan fingerprint density at radius 3 is 2.68 bits per heavy atom. The van der Waals surface area contributed by atoms with Crippen molar-refractivity contribution in [2.75, 3.05) is 6.61 Å². The summed E-state index contributed by atoms with van der Waals surface area (Å²) >= 11 is 6.37. The van der Waals surface area contributed by atoms with E-state index >= 15 is 0 Å². The summed E-state index contributed by atoms with van der Waals surface area (Å²) in [5.41, 5.74) is 3.67.